The van der Waals surface area contributed by atoms with E-state index in [-0.39, 0.29) is 30.4 Å². The number of esters is 1. The lowest BCUT2D eigenvalue weighted by atomic mass is 9.90. The van der Waals surface area contributed by atoms with E-state index in [2.05, 4.69) is 5.32 Å². The van der Waals surface area contributed by atoms with Crippen molar-refractivity contribution in [3.05, 3.63) is 81.9 Å². The SMILES string of the molecule is COC(=O)C(C)(C)CCOc1cc(NC(C(=O)N2CCc3cc(C)c(C(F)(F)F)cc32)c2ccc(Cl)cc2)cc(OC)c1. The molecule has 0 fully saturated rings. The van der Waals surface area contributed by atoms with Crippen LogP contribution in [0.25, 0.3) is 0 Å². The number of anilines is 2. The normalized spacial score (nSPS) is 13.7. The van der Waals surface area contributed by atoms with Gasteiger partial charge in [0, 0.05) is 41.1 Å². The van der Waals surface area contributed by atoms with Gasteiger partial charge in [0.05, 0.1) is 31.8 Å². The summed E-state index contributed by atoms with van der Waals surface area (Å²) in [6.07, 6.45) is -3.72. The first kappa shape index (κ1) is 32.0. The maximum Gasteiger partial charge on any atom is 0.416 e. The Morgan fingerprint density at radius 3 is 2.33 bits per heavy atom. The average molecular weight is 619 g/mol. The Balaban J connectivity index is 1.65. The third kappa shape index (κ3) is 7.36. The minimum Gasteiger partial charge on any atom is -0.497 e. The van der Waals surface area contributed by atoms with E-state index in [0.717, 1.165) is 6.07 Å². The molecule has 0 bridgehead atoms. The van der Waals surface area contributed by atoms with Gasteiger partial charge < -0.3 is 24.4 Å². The molecule has 1 unspecified atom stereocenters. The molecule has 3 aromatic rings. The van der Waals surface area contributed by atoms with Crippen LogP contribution in [-0.4, -0.2) is 39.2 Å². The predicted octanol–water partition coefficient (Wildman–Crippen LogP) is 7.39. The number of alkyl halides is 3. The summed E-state index contributed by atoms with van der Waals surface area (Å²) in [6, 6.07) is 13.3. The first-order chi connectivity index (χ1) is 20.2. The van der Waals surface area contributed by atoms with Crippen LogP contribution in [0.5, 0.6) is 11.5 Å². The molecule has 1 N–H and O–H groups in total. The van der Waals surface area contributed by atoms with Crippen molar-refractivity contribution in [1.82, 2.24) is 0 Å². The highest BCUT2D eigenvalue weighted by Gasteiger charge is 2.37. The summed E-state index contributed by atoms with van der Waals surface area (Å²) in [7, 11) is 2.83. The molecule has 1 atom stereocenters. The van der Waals surface area contributed by atoms with E-state index in [1.165, 1.54) is 32.1 Å². The lowest BCUT2D eigenvalue weighted by molar-refractivity contribution is -0.151. The van der Waals surface area contributed by atoms with Crippen LogP contribution in [0, 0.1) is 12.3 Å². The number of ether oxygens (including phenoxy) is 3. The Kier molecular flexibility index (Phi) is 9.49. The van der Waals surface area contributed by atoms with E-state index in [9.17, 15) is 22.8 Å². The monoisotopic (exact) mass is 618 g/mol. The highest BCUT2D eigenvalue weighted by atomic mass is 35.5. The van der Waals surface area contributed by atoms with Crippen LogP contribution in [0.2, 0.25) is 5.02 Å². The van der Waals surface area contributed by atoms with E-state index in [1.54, 1.807) is 56.3 Å². The highest BCUT2D eigenvalue weighted by Crippen LogP contribution is 2.40. The van der Waals surface area contributed by atoms with Crippen molar-refractivity contribution in [3.63, 3.8) is 0 Å². The molecule has 3 aromatic carbocycles. The van der Waals surface area contributed by atoms with Crippen LogP contribution in [0.3, 0.4) is 0 Å². The number of hydrogen-bond donors (Lipinski definition) is 1. The molecule has 7 nitrogen and oxygen atoms in total. The maximum atomic E-state index is 14.1. The van der Waals surface area contributed by atoms with Gasteiger partial charge >= 0.3 is 12.1 Å². The number of carbonyl (C=O) groups excluding carboxylic acids is 2. The van der Waals surface area contributed by atoms with E-state index in [4.69, 9.17) is 25.8 Å². The highest BCUT2D eigenvalue weighted by molar-refractivity contribution is 6.30. The summed E-state index contributed by atoms with van der Waals surface area (Å²) < 4.78 is 57.5. The number of nitrogens with zero attached hydrogens (tertiary/aromatic N) is 1. The van der Waals surface area contributed by atoms with Crippen molar-refractivity contribution >= 4 is 34.9 Å². The summed E-state index contributed by atoms with van der Waals surface area (Å²) in [5.74, 6) is 0.102. The van der Waals surface area contributed by atoms with Gasteiger partial charge in [-0.1, -0.05) is 29.8 Å². The summed E-state index contributed by atoms with van der Waals surface area (Å²) in [4.78, 5) is 27.5. The summed E-state index contributed by atoms with van der Waals surface area (Å²) >= 11 is 6.11. The number of fused-ring (bicyclic) bond motifs is 1. The van der Waals surface area contributed by atoms with Gasteiger partial charge in [-0.05, 0) is 68.5 Å². The fourth-order valence-electron chi connectivity index (χ4n) is 5.02. The average Bonchev–Trinajstić information content (AvgIpc) is 3.37. The first-order valence-electron chi connectivity index (χ1n) is 13.7. The molecule has 0 aliphatic carbocycles. The first-order valence-corrected chi connectivity index (χ1v) is 14.1. The number of aryl methyl sites for hydroxylation is 1. The van der Waals surface area contributed by atoms with E-state index < -0.39 is 29.1 Å². The fraction of sp³-hybridized carbons (Fsp3) is 0.375. The number of carbonyl (C=O) groups is 2. The lowest BCUT2D eigenvalue weighted by Gasteiger charge is -2.27. The fourth-order valence-corrected chi connectivity index (χ4v) is 5.14. The van der Waals surface area contributed by atoms with E-state index in [0.29, 0.717) is 46.2 Å². The number of nitrogens with one attached hydrogen (secondary N) is 1. The molecule has 43 heavy (non-hydrogen) atoms. The quantitative estimate of drug-likeness (QED) is 0.239. The maximum absolute atomic E-state index is 14.1. The molecule has 1 heterocycles. The van der Waals surface area contributed by atoms with Gasteiger partial charge in [-0.15, -0.1) is 0 Å². The molecule has 0 radical (unpaired) electrons. The molecular weight excluding hydrogens is 585 g/mol. The van der Waals surface area contributed by atoms with Crippen molar-refractivity contribution in [3.8, 4) is 11.5 Å². The van der Waals surface area contributed by atoms with Crippen molar-refractivity contribution in [2.24, 2.45) is 5.41 Å². The molecule has 230 valence electrons. The minimum atomic E-state index is -4.55. The smallest absolute Gasteiger partial charge is 0.416 e. The van der Waals surface area contributed by atoms with Crippen molar-refractivity contribution in [2.75, 3.05) is 37.6 Å². The molecule has 1 aliphatic rings. The third-order valence-electron chi connectivity index (χ3n) is 7.50. The Morgan fingerprint density at radius 2 is 1.70 bits per heavy atom. The number of methoxy groups -OCH3 is 2. The zero-order chi connectivity index (χ0) is 31.5. The number of amides is 1. The van der Waals surface area contributed by atoms with Crippen LogP contribution in [0.15, 0.2) is 54.6 Å². The summed E-state index contributed by atoms with van der Waals surface area (Å²) in [5.41, 5.74) is 0.563. The molecular formula is C32H34ClF3N2O5. The van der Waals surface area contributed by atoms with Gasteiger partial charge in [0.25, 0.3) is 5.91 Å². The molecule has 0 aromatic heterocycles. The van der Waals surface area contributed by atoms with Crippen LogP contribution >= 0.6 is 11.6 Å². The third-order valence-corrected chi connectivity index (χ3v) is 7.76. The zero-order valence-electron chi connectivity index (χ0n) is 24.6. The molecule has 1 amide bonds. The minimum absolute atomic E-state index is 0.117. The van der Waals surface area contributed by atoms with Crippen LogP contribution in [-0.2, 0) is 26.9 Å². The van der Waals surface area contributed by atoms with Gasteiger partial charge in [0.2, 0.25) is 0 Å². The lowest BCUT2D eigenvalue weighted by Crippen LogP contribution is -2.37. The second kappa shape index (κ2) is 12.8. The molecule has 1 aliphatic heterocycles. The second-order valence-electron chi connectivity index (χ2n) is 11.0. The Hall–Kier alpha value is -3.92. The van der Waals surface area contributed by atoms with Crippen molar-refractivity contribution in [1.29, 1.82) is 0 Å². The number of rotatable bonds is 10. The number of benzene rings is 3. The van der Waals surface area contributed by atoms with Crippen molar-refractivity contribution in [2.45, 2.75) is 45.8 Å². The Labute approximate surface area is 253 Å². The van der Waals surface area contributed by atoms with Gasteiger partial charge in [-0.3, -0.25) is 9.59 Å². The molecule has 0 saturated carbocycles. The molecule has 11 heteroatoms. The van der Waals surface area contributed by atoms with Crippen LogP contribution in [0.1, 0.15) is 48.6 Å². The second-order valence-corrected chi connectivity index (χ2v) is 11.5. The zero-order valence-corrected chi connectivity index (χ0v) is 25.4. The number of hydrogen-bond acceptors (Lipinski definition) is 6. The van der Waals surface area contributed by atoms with Crippen LogP contribution in [0.4, 0.5) is 24.5 Å². The molecule has 4 rings (SSSR count). The standard InChI is InChI=1S/C32H34ClF3N2O5/c1-19-14-21-10-12-38(27(21)18-26(19)32(34,35)36)29(39)28(20-6-8-22(33)9-7-20)37-23-15-24(41-4)17-25(16-23)43-13-11-31(2,3)30(40)42-5/h6-9,14-18,28,37H,10-13H2,1-5H3. The largest absolute Gasteiger partial charge is 0.497 e. The van der Waals surface area contributed by atoms with Gasteiger partial charge in [-0.2, -0.15) is 13.2 Å². The summed E-state index contributed by atoms with van der Waals surface area (Å²) in [5, 5.41) is 3.71. The summed E-state index contributed by atoms with van der Waals surface area (Å²) in [6.45, 7) is 5.39. The van der Waals surface area contributed by atoms with Gasteiger partial charge in [0.15, 0.2) is 0 Å². The Bertz CT molecular complexity index is 1490. The van der Waals surface area contributed by atoms with Gasteiger partial charge in [0.1, 0.15) is 17.5 Å². The predicted molar refractivity (Wildman–Crippen MR) is 159 cm³/mol. The van der Waals surface area contributed by atoms with E-state index >= 15 is 0 Å². The molecule has 0 spiro atoms. The van der Waals surface area contributed by atoms with Crippen molar-refractivity contribution < 1.29 is 37.0 Å². The van der Waals surface area contributed by atoms with Gasteiger partial charge in [-0.25, -0.2) is 0 Å². The topological polar surface area (TPSA) is 77.1 Å². The molecule has 0 saturated heterocycles. The number of halogens is 4. The van der Waals surface area contributed by atoms with E-state index in [1.807, 2.05) is 0 Å². The Morgan fingerprint density at radius 1 is 1.02 bits per heavy atom. The van der Waals surface area contributed by atoms with Crippen LogP contribution < -0.4 is 19.7 Å².